The van der Waals surface area contributed by atoms with Crippen LogP contribution in [0.15, 0.2) is 59.5 Å². The fourth-order valence-corrected chi connectivity index (χ4v) is 1.67. The Morgan fingerprint density at radius 2 is 1.65 bits per heavy atom. The summed E-state index contributed by atoms with van der Waals surface area (Å²) in [5.74, 6) is 0. The van der Waals surface area contributed by atoms with Crippen molar-refractivity contribution in [3.63, 3.8) is 0 Å². The topological polar surface area (TPSA) is 52.0 Å². The van der Waals surface area contributed by atoms with E-state index in [1.807, 2.05) is 45.0 Å². The van der Waals surface area contributed by atoms with Crippen LogP contribution in [0.2, 0.25) is 0 Å². The Balaban J connectivity index is 3.37. The molecule has 0 aliphatic heterocycles. The minimum Gasteiger partial charge on any atom is -0.405 e. The third-order valence-corrected chi connectivity index (χ3v) is 2.69. The molecule has 1 aromatic carbocycles. The summed E-state index contributed by atoms with van der Waals surface area (Å²) < 4.78 is 0. The van der Waals surface area contributed by atoms with Crippen LogP contribution in [0.5, 0.6) is 0 Å². The molecule has 17 heavy (non-hydrogen) atoms. The van der Waals surface area contributed by atoms with Crippen LogP contribution in [0, 0.1) is 0 Å². The van der Waals surface area contributed by atoms with Gasteiger partial charge in [-0.2, -0.15) is 0 Å². The van der Waals surface area contributed by atoms with Crippen LogP contribution in [0.1, 0.15) is 26.3 Å². The second kappa shape index (κ2) is 5.94. The van der Waals surface area contributed by atoms with E-state index in [1.54, 1.807) is 6.20 Å². The molecule has 0 radical (unpaired) electrons. The third-order valence-electron chi connectivity index (χ3n) is 2.69. The van der Waals surface area contributed by atoms with Crippen molar-refractivity contribution < 1.29 is 0 Å². The van der Waals surface area contributed by atoms with Crippen molar-refractivity contribution in [2.45, 2.75) is 20.8 Å². The van der Waals surface area contributed by atoms with Crippen LogP contribution in [-0.2, 0) is 0 Å². The van der Waals surface area contributed by atoms with E-state index >= 15 is 0 Å². The summed E-state index contributed by atoms with van der Waals surface area (Å²) >= 11 is 0. The Hall–Kier alpha value is -1.96. The lowest BCUT2D eigenvalue weighted by Crippen LogP contribution is -2.03. The smallest absolute Gasteiger partial charge is 0.0336 e. The van der Waals surface area contributed by atoms with Gasteiger partial charge in [-0.15, -0.1) is 0 Å². The van der Waals surface area contributed by atoms with Crippen LogP contribution in [0.25, 0.3) is 5.57 Å². The molecule has 2 nitrogen and oxygen atoms in total. The molecule has 0 atom stereocenters. The summed E-state index contributed by atoms with van der Waals surface area (Å²) in [6, 6.07) is 10.1. The summed E-state index contributed by atoms with van der Waals surface area (Å²) in [5.41, 5.74) is 16.8. The molecule has 0 fully saturated rings. The molecule has 0 bridgehead atoms. The first-order valence-electron chi connectivity index (χ1n) is 5.65. The normalized spacial score (nSPS) is 12.4. The first-order chi connectivity index (χ1) is 8.07. The number of hydrogen-bond donors (Lipinski definition) is 2. The third kappa shape index (κ3) is 3.25. The molecule has 0 aliphatic rings. The van der Waals surface area contributed by atoms with E-state index in [9.17, 15) is 0 Å². The summed E-state index contributed by atoms with van der Waals surface area (Å²) in [7, 11) is 0. The molecule has 0 amide bonds. The van der Waals surface area contributed by atoms with Crippen molar-refractivity contribution >= 4 is 5.57 Å². The molecule has 1 rings (SSSR count). The monoisotopic (exact) mass is 228 g/mol. The van der Waals surface area contributed by atoms with Gasteiger partial charge in [-0.1, -0.05) is 35.9 Å². The number of hydrogen-bond acceptors (Lipinski definition) is 2. The molecular weight excluding hydrogens is 208 g/mol. The van der Waals surface area contributed by atoms with Crippen molar-refractivity contribution in [1.82, 2.24) is 0 Å². The highest BCUT2D eigenvalue weighted by atomic mass is 14.6. The van der Waals surface area contributed by atoms with Gasteiger partial charge in [0.15, 0.2) is 0 Å². The average Bonchev–Trinajstić information content (AvgIpc) is 2.35. The van der Waals surface area contributed by atoms with Gasteiger partial charge in [-0.3, -0.25) is 0 Å². The minimum atomic E-state index is 0.821. The maximum absolute atomic E-state index is 6.08. The van der Waals surface area contributed by atoms with Crippen molar-refractivity contribution in [2.75, 3.05) is 0 Å². The number of rotatable bonds is 3. The van der Waals surface area contributed by atoms with Gasteiger partial charge in [0.25, 0.3) is 0 Å². The Morgan fingerprint density at radius 3 is 2.12 bits per heavy atom. The molecule has 2 heteroatoms. The molecular formula is C15H20N2. The fraction of sp³-hybridized carbons (Fsp3) is 0.200. The second-order valence-electron chi connectivity index (χ2n) is 4.18. The van der Waals surface area contributed by atoms with Gasteiger partial charge >= 0.3 is 0 Å². The lowest BCUT2D eigenvalue weighted by molar-refractivity contribution is 1.19. The SMILES string of the molecule is CC(C)=C(N)/C(C)=C(/C=C\N)c1ccccc1. The molecule has 0 aromatic heterocycles. The van der Waals surface area contributed by atoms with Gasteiger partial charge in [0.2, 0.25) is 0 Å². The van der Waals surface area contributed by atoms with Gasteiger partial charge in [-0.25, -0.2) is 0 Å². The Kier molecular flexibility index (Phi) is 4.58. The van der Waals surface area contributed by atoms with Crippen LogP contribution in [0.4, 0.5) is 0 Å². The van der Waals surface area contributed by atoms with Crippen molar-refractivity contribution in [3.05, 3.63) is 65.0 Å². The quantitative estimate of drug-likeness (QED) is 0.781. The minimum absolute atomic E-state index is 0.821. The van der Waals surface area contributed by atoms with Crippen LogP contribution < -0.4 is 11.5 Å². The highest BCUT2D eigenvalue weighted by molar-refractivity contribution is 5.79. The van der Waals surface area contributed by atoms with E-state index in [0.29, 0.717) is 0 Å². The zero-order valence-electron chi connectivity index (χ0n) is 10.7. The largest absolute Gasteiger partial charge is 0.405 e. The van der Waals surface area contributed by atoms with Crippen LogP contribution in [-0.4, -0.2) is 0 Å². The Morgan fingerprint density at radius 1 is 1.06 bits per heavy atom. The molecule has 0 unspecified atom stereocenters. The molecule has 0 aliphatic carbocycles. The zero-order chi connectivity index (χ0) is 12.8. The summed E-state index contributed by atoms with van der Waals surface area (Å²) in [6.07, 6.45) is 3.44. The summed E-state index contributed by atoms with van der Waals surface area (Å²) in [6.45, 7) is 6.03. The first-order valence-corrected chi connectivity index (χ1v) is 5.65. The van der Waals surface area contributed by atoms with E-state index < -0.39 is 0 Å². The van der Waals surface area contributed by atoms with E-state index in [4.69, 9.17) is 11.5 Å². The number of allylic oxidation sites excluding steroid dienone is 4. The predicted octanol–water partition coefficient (Wildman–Crippen LogP) is 3.19. The van der Waals surface area contributed by atoms with Crippen molar-refractivity contribution in [2.24, 2.45) is 11.5 Å². The van der Waals surface area contributed by atoms with Crippen molar-refractivity contribution in [3.8, 4) is 0 Å². The predicted molar refractivity (Wildman–Crippen MR) is 74.9 cm³/mol. The highest BCUT2D eigenvalue weighted by Gasteiger charge is 2.05. The summed E-state index contributed by atoms with van der Waals surface area (Å²) in [5, 5.41) is 0. The average molecular weight is 228 g/mol. The Bertz CT molecular complexity index is 461. The highest BCUT2D eigenvalue weighted by Crippen LogP contribution is 2.23. The molecule has 0 saturated heterocycles. The van der Waals surface area contributed by atoms with Gasteiger partial charge in [-0.05, 0) is 49.8 Å². The molecule has 0 spiro atoms. The lowest BCUT2D eigenvalue weighted by atomic mass is 9.97. The van der Waals surface area contributed by atoms with E-state index in [-0.39, 0.29) is 0 Å². The van der Waals surface area contributed by atoms with Crippen molar-refractivity contribution in [1.29, 1.82) is 0 Å². The zero-order valence-corrected chi connectivity index (χ0v) is 10.7. The van der Waals surface area contributed by atoms with E-state index in [0.717, 1.165) is 28.0 Å². The van der Waals surface area contributed by atoms with E-state index in [1.165, 1.54) is 0 Å². The molecule has 0 saturated carbocycles. The van der Waals surface area contributed by atoms with Gasteiger partial charge < -0.3 is 11.5 Å². The standard InChI is InChI=1S/C15H20N2/c1-11(2)15(17)12(3)14(9-10-16)13-7-5-4-6-8-13/h4-10H,16-17H2,1-3H3/b10-9-,14-12-. The first kappa shape index (κ1) is 13.1. The fourth-order valence-electron chi connectivity index (χ4n) is 1.67. The van der Waals surface area contributed by atoms with Gasteiger partial charge in [0, 0.05) is 5.70 Å². The maximum Gasteiger partial charge on any atom is 0.0336 e. The Labute approximate surface area is 103 Å². The van der Waals surface area contributed by atoms with E-state index in [2.05, 4.69) is 12.1 Å². The molecule has 0 heterocycles. The van der Waals surface area contributed by atoms with Gasteiger partial charge in [0.05, 0.1) is 0 Å². The second-order valence-corrected chi connectivity index (χ2v) is 4.18. The molecule has 4 N–H and O–H groups in total. The molecule has 1 aromatic rings. The summed E-state index contributed by atoms with van der Waals surface area (Å²) in [4.78, 5) is 0. The molecule has 90 valence electrons. The number of benzene rings is 1. The maximum atomic E-state index is 6.08. The van der Waals surface area contributed by atoms with Gasteiger partial charge in [0.1, 0.15) is 0 Å². The van der Waals surface area contributed by atoms with Crippen LogP contribution >= 0.6 is 0 Å². The lowest BCUT2D eigenvalue weighted by Gasteiger charge is -2.11. The van der Waals surface area contributed by atoms with Crippen LogP contribution in [0.3, 0.4) is 0 Å². The number of nitrogens with two attached hydrogens (primary N) is 2.